The van der Waals surface area contributed by atoms with Crippen LogP contribution in [0.1, 0.15) is 49.7 Å². The molecule has 0 spiro atoms. The lowest BCUT2D eigenvalue weighted by Gasteiger charge is -2.14. The fraction of sp³-hybridized carbons (Fsp3) is 0.237. The van der Waals surface area contributed by atoms with Gasteiger partial charge in [0.05, 0.1) is 34.9 Å². The molecule has 3 amide bonds. The number of aromatic nitrogens is 3. The van der Waals surface area contributed by atoms with Gasteiger partial charge in [0.25, 0.3) is 0 Å². The van der Waals surface area contributed by atoms with Gasteiger partial charge in [-0.1, -0.05) is 62.7 Å². The Kier molecular flexibility index (Phi) is 10.8. The number of aryl methyl sites for hydroxylation is 1. The van der Waals surface area contributed by atoms with E-state index in [1.807, 2.05) is 85.8 Å². The van der Waals surface area contributed by atoms with Crippen LogP contribution in [0.5, 0.6) is 5.75 Å². The van der Waals surface area contributed by atoms with Crippen molar-refractivity contribution in [2.45, 2.75) is 46.1 Å². The van der Waals surface area contributed by atoms with Crippen molar-refractivity contribution in [1.82, 2.24) is 20.1 Å². The number of benzene rings is 3. The van der Waals surface area contributed by atoms with Crippen LogP contribution >= 0.6 is 0 Å². The van der Waals surface area contributed by atoms with Crippen molar-refractivity contribution >= 4 is 46.5 Å². The van der Waals surface area contributed by atoms with Gasteiger partial charge in [0, 0.05) is 48.3 Å². The average molecular weight is 659 g/mol. The summed E-state index contributed by atoms with van der Waals surface area (Å²) in [5.74, 6) is 1.07. The number of pyridine rings is 1. The number of carbonyl (C=O) groups excluding carboxylic acids is 2. The molecule has 252 valence electrons. The second-order valence-electron chi connectivity index (χ2n) is 12.6. The predicted octanol–water partition coefficient (Wildman–Crippen LogP) is 6.76. The molecule has 49 heavy (non-hydrogen) atoms. The number of carbonyl (C=O) groups is 2. The summed E-state index contributed by atoms with van der Waals surface area (Å²) in [7, 11) is 1.58. The Morgan fingerprint density at radius 2 is 1.73 bits per heavy atom. The van der Waals surface area contributed by atoms with Crippen LogP contribution in [0.3, 0.4) is 0 Å². The molecule has 2 heterocycles. The van der Waals surface area contributed by atoms with Gasteiger partial charge in [0.1, 0.15) is 18.2 Å². The van der Waals surface area contributed by atoms with Crippen molar-refractivity contribution in [1.29, 1.82) is 0 Å². The van der Waals surface area contributed by atoms with E-state index in [2.05, 4.69) is 46.7 Å². The number of rotatable bonds is 11. The molecule has 5 rings (SSSR count). The molecule has 0 saturated carbocycles. The molecule has 11 heteroatoms. The first-order chi connectivity index (χ1) is 23.5. The number of nitrogens with two attached hydrogens (primary N) is 1. The first-order valence-electron chi connectivity index (χ1n) is 16.0. The fourth-order valence-corrected chi connectivity index (χ4v) is 5.05. The van der Waals surface area contributed by atoms with Crippen molar-refractivity contribution in [2.75, 3.05) is 24.2 Å². The van der Waals surface area contributed by atoms with Crippen molar-refractivity contribution < 1.29 is 14.3 Å². The van der Waals surface area contributed by atoms with Crippen LogP contribution in [0.25, 0.3) is 22.5 Å². The molecule has 3 aromatic carbocycles. The topological polar surface area (TPSA) is 149 Å². The van der Waals surface area contributed by atoms with E-state index in [0.717, 1.165) is 33.3 Å². The lowest BCUT2D eigenvalue weighted by molar-refractivity contribution is -0.119. The number of hydrogen-bond acceptors (Lipinski definition) is 7. The molecule has 0 atom stereocenters. The van der Waals surface area contributed by atoms with E-state index in [-0.39, 0.29) is 30.9 Å². The molecule has 0 aliphatic carbocycles. The second-order valence-corrected chi connectivity index (χ2v) is 12.6. The van der Waals surface area contributed by atoms with Gasteiger partial charge in [0.2, 0.25) is 5.91 Å². The van der Waals surface area contributed by atoms with E-state index in [0.29, 0.717) is 28.6 Å². The third-order valence-electron chi connectivity index (χ3n) is 7.67. The number of ether oxygens (including phenoxy) is 1. The van der Waals surface area contributed by atoms with Gasteiger partial charge in [-0.25, -0.2) is 9.48 Å². The summed E-state index contributed by atoms with van der Waals surface area (Å²) in [6.45, 7) is 8.83. The number of nitrogens with zero attached hydrogens (tertiary/aromatic N) is 4. The van der Waals surface area contributed by atoms with Gasteiger partial charge in [-0.3, -0.25) is 20.1 Å². The minimum Gasteiger partial charge on any atom is -0.488 e. The van der Waals surface area contributed by atoms with Crippen LogP contribution < -0.4 is 26.4 Å². The van der Waals surface area contributed by atoms with Crippen LogP contribution in [-0.2, 0) is 16.8 Å². The molecule has 2 aromatic heterocycles. The molecule has 0 unspecified atom stereocenters. The van der Waals surface area contributed by atoms with E-state index in [1.165, 1.54) is 0 Å². The van der Waals surface area contributed by atoms with Gasteiger partial charge >= 0.3 is 6.03 Å². The van der Waals surface area contributed by atoms with E-state index in [1.54, 1.807) is 30.2 Å². The monoisotopic (exact) mass is 658 g/mol. The van der Waals surface area contributed by atoms with Crippen molar-refractivity contribution in [3.8, 4) is 11.4 Å². The Labute approximate surface area is 286 Å². The fourth-order valence-electron chi connectivity index (χ4n) is 5.05. The van der Waals surface area contributed by atoms with Gasteiger partial charge in [-0.2, -0.15) is 5.10 Å². The second kappa shape index (κ2) is 15.4. The van der Waals surface area contributed by atoms with Crippen molar-refractivity contribution in [3.63, 3.8) is 0 Å². The summed E-state index contributed by atoms with van der Waals surface area (Å²) < 4.78 is 8.03. The summed E-state index contributed by atoms with van der Waals surface area (Å²) in [6.07, 6.45) is 5.10. The molecule has 0 aliphatic rings. The van der Waals surface area contributed by atoms with E-state index in [9.17, 15) is 9.59 Å². The van der Waals surface area contributed by atoms with Crippen LogP contribution in [0.2, 0.25) is 0 Å². The number of fused-ring (bicyclic) bond motifs is 1. The Balaban J connectivity index is 1.33. The number of aliphatic imine (C=N–C) groups is 1. The lowest BCUT2D eigenvalue weighted by atomic mass is 9.92. The molecule has 11 nitrogen and oxygen atoms in total. The van der Waals surface area contributed by atoms with Crippen LogP contribution in [0, 0.1) is 6.92 Å². The SMILES string of the molecule is CNC(=O)CC(=Cc1cc(COc2ccc(NC(=O)Nc3cc(C(C)(C)C)nn3-c3ccc(C)cc3)c3ccccc23)ccn1)N=CCN. The highest BCUT2D eigenvalue weighted by molar-refractivity contribution is 6.07. The summed E-state index contributed by atoms with van der Waals surface area (Å²) in [4.78, 5) is 34.1. The highest BCUT2D eigenvalue weighted by atomic mass is 16.5. The quantitative estimate of drug-likeness (QED) is 0.115. The number of amides is 3. The van der Waals surface area contributed by atoms with E-state index < -0.39 is 6.03 Å². The Morgan fingerprint density at radius 1 is 0.980 bits per heavy atom. The Morgan fingerprint density at radius 3 is 2.45 bits per heavy atom. The standard InChI is InChI=1S/C38H42N8O3/c1-25-10-12-29(13-11-25)46-35(23-34(45-46)38(2,3)4)44-37(48)43-32-14-15-33(31-9-7-6-8-30(31)32)49-24-26-16-18-41-27(20-26)21-28(42-19-17-39)22-36(47)40-5/h6-16,18-21,23H,17,22,24,39H2,1-5H3,(H,40,47)(H2,43,44,48). The minimum atomic E-state index is -0.392. The van der Waals surface area contributed by atoms with E-state index >= 15 is 0 Å². The van der Waals surface area contributed by atoms with Crippen molar-refractivity contribution in [3.05, 3.63) is 113 Å². The lowest BCUT2D eigenvalue weighted by Crippen LogP contribution is -2.21. The van der Waals surface area contributed by atoms with Crippen LogP contribution in [0.15, 0.2) is 95.7 Å². The van der Waals surface area contributed by atoms with E-state index in [4.69, 9.17) is 15.6 Å². The third kappa shape index (κ3) is 8.96. The first kappa shape index (κ1) is 34.5. The Bertz CT molecular complexity index is 2010. The zero-order valence-corrected chi connectivity index (χ0v) is 28.4. The number of anilines is 2. The zero-order chi connectivity index (χ0) is 35.0. The maximum atomic E-state index is 13.4. The molecular weight excluding hydrogens is 616 g/mol. The first-order valence-corrected chi connectivity index (χ1v) is 16.0. The molecule has 0 aliphatic heterocycles. The number of hydrogen-bond donors (Lipinski definition) is 4. The molecular formula is C38H42N8O3. The van der Waals surface area contributed by atoms with Crippen molar-refractivity contribution in [2.24, 2.45) is 10.7 Å². The largest absolute Gasteiger partial charge is 0.488 e. The maximum Gasteiger partial charge on any atom is 0.324 e. The molecule has 0 saturated heterocycles. The van der Waals surface area contributed by atoms with Crippen LogP contribution in [0.4, 0.5) is 16.3 Å². The highest BCUT2D eigenvalue weighted by Crippen LogP contribution is 2.33. The highest BCUT2D eigenvalue weighted by Gasteiger charge is 2.22. The van der Waals surface area contributed by atoms with Gasteiger partial charge in [0.15, 0.2) is 0 Å². The number of nitrogens with one attached hydrogen (secondary N) is 3. The molecule has 5 aromatic rings. The maximum absolute atomic E-state index is 13.4. The average Bonchev–Trinajstić information content (AvgIpc) is 3.51. The Hall–Kier alpha value is -5.81. The minimum absolute atomic E-state index is 0.105. The summed E-state index contributed by atoms with van der Waals surface area (Å²) in [5.41, 5.74) is 10.9. The third-order valence-corrected chi connectivity index (χ3v) is 7.67. The zero-order valence-electron chi connectivity index (χ0n) is 28.4. The molecule has 0 bridgehead atoms. The molecule has 0 radical (unpaired) electrons. The summed E-state index contributed by atoms with van der Waals surface area (Å²) in [5, 5.41) is 15.1. The molecule has 5 N–H and O–H groups in total. The van der Waals surface area contributed by atoms with Gasteiger partial charge in [-0.15, -0.1) is 0 Å². The summed E-state index contributed by atoms with van der Waals surface area (Å²) >= 11 is 0. The number of urea groups is 1. The van der Waals surface area contributed by atoms with Gasteiger partial charge < -0.3 is 21.1 Å². The smallest absolute Gasteiger partial charge is 0.324 e. The summed E-state index contributed by atoms with van der Waals surface area (Å²) in [6, 6.07) is 24.7. The predicted molar refractivity (Wildman–Crippen MR) is 196 cm³/mol. The van der Waals surface area contributed by atoms with Crippen LogP contribution in [-0.4, -0.2) is 46.5 Å². The van der Waals surface area contributed by atoms with Gasteiger partial charge in [-0.05, 0) is 55.0 Å². The molecule has 0 fully saturated rings. The normalized spacial score (nSPS) is 11.9.